The highest BCUT2D eigenvalue weighted by atomic mass is 16.6. The molecule has 39 heavy (non-hydrogen) atoms. The van der Waals surface area contributed by atoms with E-state index in [1.165, 1.54) is 27.7 Å². The van der Waals surface area contributed by atoms with E-state index >= 15 is 0 Å². The van der Waals surface area contributed by atoms with Crippen LogP contribution in [0.15, 0.2) is 0 Å². The SMILES string of the molecule is CC(=O)O[C@H]1C[C@](C)(O)C[C@@H]2[C@@]1(OC(C)=O)C[C@@]1(C)[C@H](OC(C)=O)[C@H]3[C@@H](O)[C@@H](C)C[C@]3(O)[C@H](OC(C)=O)[C@@]21C. The molecule has 4 rings (SSSR count). The highest BCUT2D eigenvalue weighted by Gasteiger charge is 2.84. The number of aliphatic hydroxyl groups excluding tert-OH is 1. The molecule has 0 bridgehead atoms. The quantitative estimate of drug-likeness (QED) is 0.340. The summed E-state index contributed by atoms with van der Waals surface area (Å²) in [6, 6.07) is 0. The molecule has 4 aliphatic carbocycles. The van der Waals surface area contributed by atoms with Crippen molar-refractivity contribution in [3.63, 3.8) is 0 Å². The second-order valence-electron chi connectivity index (χ2n) is 13.2. The Labute approximate surface area is 228 Å². The number of fused-ring (bicyclic) bond motifs is 4. The first kappa shape index (κ1) is 29.7. The monoisotopic (exact) mass is 554 g/mol. The molecule has 4 saturated carbocycles. The second kappa shape index (κ2) is 9.14. The molecule has 0 heterocycles. The Kier molecular flexibility index (Phi) is 6.97. The first-order valence-corrected chi connectivity index (χ1v) is 13.6. The summed E-state index contributed by atoms with van der Waals surface area (Å²) in [5, 5.41) is 35.2. The molecule has 3 N–H and O–H groups in total. The molecule has 0 saturated heterocycles. The van der Waals surface area contributed by atoms with E-state index in [0.29, 0.717) is 0 Å². The van der Waals surface area contributed by atoms with Gasteiger partial charge in [-0.3, -0.25) is 19.2 Å². The number of carbonyl (C=O) groups excluding carboxylic acids is 4. The van der Waals surface area contributed by atoms with Crippen LogP contribution in [0.4, 0.5) is 0 Å². The van der Waals surface area contributed by atoms with E-state index in [-0.39, 0.29) is 25.7 Å². The third-order valence-electron chi connectivity index (χ3n) is 10.4. The summed E-state index contributed by atoms with van der Waals surface area (Å²) >= 11 is 0. The van der Waals surface area contributed by atoms with Crippen LogP contribution in [0.3, 0.4) is 0 Å². The van der Waals surface area contributed by atoms with Crippen molar-refractivity contribution in [1.82, 2.24) is 0 Å². The third kappa shape index (κ3) is 4.18. The fourth-order valence-corrected chi connectivity index (χ4v) is 9.12. The lowest BCUT2D eigenvalue weighted by molar-refractivity contribution is -0.290. The minimum absolute atomic E-state index is 0.00182. The average molecular weight is 555 g/mol. The van der Waals surface area contributed by atoms with Gasteiger partial charge in [0.25, 0.3) is 0 Å². The number of carbonyl (C=O) groups is 4. The van der Waals surface area contributed by atoms with Crippen LogP contribution in [0.2, 0.25) is 0 Å². The van der Waals surface area contributed by atoms with E-state index in [2.05, 4.69) is 0 Å². The minimum atomic E-state index is -1.81. The number of esters is 4. The lowest BCUT2D eigenvalue weighted by Gasteiger charge is -2.63. The lowest BCUT2D eigenvalue weighted by Crippen LogP contribution is -2.73. The van der Waals surface area contributed by atoms with E-state index in [4.69, 9.17) is 18.9 Å². The van der Waals surface area contributed by atoms with Crippen molar-refractivity contribution in [2.45, 2.75) is 122 Å². The highest BCUT2D eigenvalue weighted by Crippen LogP contribution is 2.76. The third-order valence-corrected chi connectivity index (χ3v) is 10.4. The van der Waals surface area contributed by atoms with E-state index in [9.17, 15) is 34.5 Å². The Morgan fingerprint density at radius 3 is 1.87 bits per heavy atom. The Hall–Kier alpha value is -2.24. The highest BCUT2D eigenvalue weighted by molar-refractivity contribution is 5.69. The van der Waals surface area contributed by atoms with Crippen molar-refractivity contribution < 1.29 is 53.4 Å². The van der Waals surface area contributed by atoms with Gasteiger partial charge in [0, 0.05) is 57.3 Å². The van der Waals surface area contributed by atoms with Gasteiger partial charge < -0.3 is 34.3 Å². The molecule has 0 unspecified atom stereocenters. The Morgan fingerprint density at radius 2 is 1.36 bits per heavy atom. The average Bonchev–Trinajstić information content (AvgIpc) is 3.10. The molecule has 4 aliphatic rings. The Bertz CT molecular complexity index is 1070. The summed E-state index contributed by atoms with van der Waals surface area (Å²) in [5.41, 5.74) is -7.18. The van der Waals surface area contributed by atoms with E-state index in [1.54, 1.807) is 27.7 Å². The fourth-order valence-electron chi connectivity index (χ4n) is 9.12. The van der Waals surface area contributed by atoms with Gasteiger partial charge in [-0.1, -0.05) is 20.8 Å². The number of ether oxygens (including phenoxy) is 4. The number of hydrogen-bond donors (Lipinski definition) is 3. The molecular formula is C28H42O11. The zero-order valence-corrected chi connectivity index (χ0v) is 24.0. The zero-order valence-electron chi connectivity index (χ0n) is 24.0. The van der Waals surface area contributed by atoms with E-state index in [1.807, 2.05) is 0 Å². The predicted octanol–water partition coefficient (Wildman–Crippen LogP) is 1.42. The topological polar surface area (TPSA) is 166 Å². The van der Waals surface area contributed by atoms with Crippen LogP contribution in [-0.2, 0) is 38.1 Å². The van der Waals surface area contributed by atoms with Gasteiger partial charge in [-0.2, -0.15) is 0 Å². The summed E-state index contributed by atoms with van der Waals surface area (Å²) in [6.07, 6.45) is -4.44. The lowest BCUT2D eigenvalue weighted by atomic mass is 9.46. The summed E-state index contributed by atoms with van der Waals surface area (Å²) in [7, 11) is 0. The number of hydrogen-bond acceptors (Lipinski definition) is 11. The van der Waals surface area contributed by atoms with Crippen LogP contribution in [0, 0.1) is 28.6 Å². The Morgan fingerprint density at radius 1 is 0.795 bits per heavy atom. The fraction of sp³-hybridized carbons (Fsp3) is 0.857. The maximum atomic E-state index is 12.6. The first-order valence-electron chi connectivity index (χ1n) is 13.6. The molecule has 4 fully saturated rings. The molecule has 0 aromatic rings. The molecule has 11 heteroatoms. The normalized spacial score (nSPS) is 50.2. The van der Waals surface area contributed by atoms with Crippen LogP contribution < -0.4 is 0 Å². The molecule has 0 aromatic carbocycles. The van der Waals surface area contributed by atoms with Gasteiger partial charge in [0.2, 0.25) is 0 Å². The van der Waals surface area contributed by atoms with Crippen molar-refractivity contribution in [3.8, 4) is 0 Å². The molecule has 0 aliphatic heterocycles. The number of rotatable bonds is 4. The van der Waals surface area contributed by atoms with Crippen LogP contribution in [0.25, 0.3) is 0 Å². The second-order valence-corrected chi connectivity index (χ2v) is 13.2. The molecule has 220 valence electrons. The van der Waals surface area contributed by atoms with E-state index in [0.717, 1.165) is 0 Å². The van der Waals surface area contributed by atoms with Crippen molar-refractivity contribution in [2.75, 3.05) is 0 Å². The molecule has 0 spiro atoms. The van der Waals surface area contributed by atoms with Gasteiger partial charge >= 0.3 is 23.9 Å². The van der Waals surface area contributed by atoms with Crippen molar-refractivity contribution in [1.29, 1.82) is 0 Å². The summed E-state index contributed by atoms with van der Waals surface area (Å²) in [4.78, 5) is 50.0. The minimum Gasteiger partial charge on any atom is -0.461 e. The van der Waals surface area contributed by atoms with Gasteiger partial charge in [-0.15, -0.1) is 0 Å². The molecule has 0 radical (unpaired) electrons. The van der Waals surface area contributed by atoms with Gasteiger partial charge in [-0.05, 0) is 25.7 Å². The van der Waals surface area contributed by atoms with Gasteiger partial charge in [0.1, 0.15) is 23.9 Å². The first-order chi connectivity index (χ1) is 17.7. The largest absolute Gasteiger partial charge is 0.461 e. The summed E-state index contributed by atoms with van der Waals surface area (Å²) in [6.45, 7) is 11.8. The summed E-state index contributed by atoms with van der Waals surface area (Å²) in [5.74, 6) is -4.84. The van der Waals surface area contributed by atoms with Gasteiger partial charge in [-0.25, -0.2) is 0 Å². The van der Waals surface area contributed by atoms with Crippen molar-refractivity contribution >= 4 is 23.9 Å². The van der Waals surface area contributed by atoms with Crippen LogP contribution in [0.5, 0.6) is 0 Å². The summed E-state index contributed by atoms with van der Waals surface area (Å²) < 4.78 is 23.7. The maximum absolute atomic E-state index is 12.6. The van der Waals surface area contributed by atoms with Gasteiger partial charge in [0.05, 0.1) is 17.6 Å². The van der Waals surface area contributed by atoms with Crippen molar-refractivity contribution in [2.24, 2.45) is 28.6 Å². The maximum Gasteiger partial charge on any atom is 0.303 e. The van der Waals surface area contributed by atoms with Crippen LogP contribution in [0.1, 0.15) is 81.1 Å². The molecule has 11 nitrogen and oxygen atoms in total. The number of aliphatic hydroxyl groups is 3. The molecule has 0 amide bonds. The molecule has 12 atom stereocenters. The zero-order chi connectivity index (χ0) is 29.5. The standard InChI is InChI=1S/C28H42O11/c1-13-9-27(35)20(21(13)33)22(37-15(3)30)25(7)12-28(39-17(5)32)18(26(25,8)23(27)38-16(4)31)10-24(6,34)11-19(28)36-14(2)29/h13,18-23,33-35H,9-12H2,1-8H3/t13-,18-,19-,20+,21-,22+,23+,24+,25-,26+,27+,28-/m0/s1. The van der Waals surface area contributed by atoms with Gasteiger partial charge in [0.15, 0.2) is 5.60 Å². The van der Waals surface area contributed by atoms with Crippen LogP contribution in [-0.4, -0.2) is 80.4 Å². The van der Waals surface area contributed by atoms with E-state index < -0.39 is 93.7 Å². The molecular weight excluding hydrogens is 512 g/mol. The Balaban J connectivity index is 2.06. The smallest absolute Gasteiger partial charge is 0.303 e. The van der Waals surface area contributed by atoms with Crippen LogP contribution >= 0.6 is 0 Å². The van der Waals surface area contributed by atoms with Crippen molar-refractivity contribution in [3.05, 3.63) is 0 Å². The molecule has 0 aromatic heterocycles. The predicted molar refractivity (Wildman–Crippen MR) is 134 cm³/mol.